The third kappa shape index (κ3) is 4.61. The van der Waals surface area contributed by atoms with E-state index in [4.69, 9.17) is 0 Å². The van der Waals surface area contributed by atoms with Gasteiger partial charge in [-0.2, -0.15) is 13.2 Å². The number of alkyl halides is 3. The fraction of sp³-hybridized carbons (Fsp3) is 0.0769. The summed E-state index contributed by atoms with van der Waals surface area (Å²) in [5.41, 5.74) is 3.13. The van der Waals surface area contributed by atoms with Gasteiger partial charge >= 0.3 is 6.18 Å². The smallest absolute Gasteiger partial charge is 0.346 e. The van der Waals surface area contributed by atoms with Crippen LogP contribution in [0.1, 0.15) is 21.5 Å². The van der Waals surface area contributed by atoms with Gasteiger partial charge in [0.15, 0.2) is 0 Å². The molecule has 0 aliphatic rings. The third-order valence-electron chi connectivity index (χ3n) is 5.62. The number of aryl methyl sites for hydroxylation is 1. The molecule has 3 aromatic heterocycles. The Bertz CT molecular complexity index is 1580. The summed E-state index contributed by atoms with van der Waals surface area (Å²) in [6.45, 7) is 1.89. The monoisotopic (exact) mass is 488 g/mol. The quantitative estimate of drug-likeness (QED) is 0.268. The van der Waals surface area contributed by atoms with Crippen molar-refractivity contribution in [2.75, 3.05) is 10.6 Å². The number of rotatable bonds is 5. The van der Waals surface area contributed by atoms with Crippen molar-refractivity contribution in [1.29, 1.82) is 0 Å². The molecule has 5 rings (SSSR count). The molecule has 0 unspecified atom stereocenters. The molecule has 3 N–H and O–H groups in total. The predicted octanol–water partition coefficient (Wildman–Crippen LogP) is 6.34. The van der Waals surface area contributed by atoms with Crippen LogP contribution in [0.3, 0.4) is 0 Å². The van der Waals surface area contributed by atoms with Gasteiger partial charge in [0.05, 0.1) is 11.3 Å². The number of fused-ring (bicyclic) bond motifs is 1. The fourth-order valence-electron chi connectivity index (χ4n) is 3.79. The molecule has 0 aliphatic carbocycles. The first-order valence-electron chi connectivity index (χ1n) is 10.9. The number of carbonyl (C=O) groups excluding carboxylic acids is 1. The van der Waals surface area contributed by atoms with Crippen molar-refractivity contribution in [2.24, 2.45) is 0 Å². The second kappa shape index (κ2) is 9.14. The number of amides is 1. The largest absolute Gasteiger partial charge is 0.416 e. The lowest BCUT2D eigenvalue weighted by atomic mass is 10.1. The molecular weight excluding hydrogens is 469 g/mol. The second-order valence-corrected chi connectivity index (χ2v) is 8.05. The van der Waals surface area contributed by atoms with Crippen molar-refractivity contribution < 1.29 is 18.0 Å². The number of halogens is 3. The summed E-state index contributed by atoms with van der Waals surface area (Å²) < 4.78 is 39.1. The van der Waals surface area contributed by atoms with Crippen LogP contribution in [0.15, 0.2) is 79.4 Å². The standard InChI is InChI=1S/C26H19F3N6O/c1-15-7-8-18(34-25(36)16-4-2-5-17(12-16)26(27,28)29)13-21(15)35-24-19(6-3-10-30-24)22-20-9-11-31-23(20)33-14-32-22/h2-14H,1H3,(H,30,35)(H,34,36)(H,31,32,33). The molecule has 1 amide bonds. The first kappa shape index (κ1) is 23.0. The van der Waals surface area contributed by atoms with E-state index in [0.29, 0.717) is 28.5 Å². The van der Waals surface area contributed by atoms with Gasteiger partial charge in [0.25, 0.3) is 5.91 Å². The minimum absolute atomic E-state index is 0.0915. The lowest BCUT2D eigenvalue weighted by Crippen LogP contribution is -2.14. The summed E-state index contributed by atoms with van der Waals surface area (Å²) in [6.07, 6.45) is 0.371. The topological polar surface area (TPSA) is 95.6 Å². The highest BCUT2D eigenvalue weighted by Gasteiger charge is 2.30. The Balaban J connectivity index is 1.43. The number of carbonyl (C=O) groups is 1. The first-order chi connectivity index (χ1) is 17.3. The number of hydrogen-bond acceptors (Lipinski definition) is 5. The molecule has 0 saturated carbocycles. The number of pyridine rings is 1. The molecule has 10 heteroatoms. The number of aromatic amines is 1. The van der Waals surface area contributed by atoms with Gasteiger partial charge in [-0.15, -0.1) is 0 Å². The molecule has 0 radical (unpaired) electrons. The van der Waals surface area contributed by atoms with Gasteiger partial charge in [-0.25, -0.2) is 15.0 Å². The van der Waals surface area contributed by atoms with Crippen molar-refractivity contribution in [3.05, 3.63) is 96.1 Å². The van der Waals surface area contributed by atoms with Gasteiger partial charge in [0, 0.05) is 40.3 Å². The van der Waals surface area contributed by atoms with Crippen LogP contribution in [-0.2, 0) is 6.18 Å². The number of H-pyrrole nitrogens is 1. The van der Waals surface area contributed by atoms with Crippen molar-refractivity contribution in [1.82, 2.24) is 19.9 Å². The average molecular weight is 488 g/mol. The molecule has 180 valence electrons. The Morgan fingerprint density at radius 1 is 0.972 bits per heavy atom. The Hall–Kier alpha value is -4.73. The molecule has 2 aromatic carbocycles. The maximum absolute atomic E-state index is 13.0. The minimum atomic E-state index is -4.53. The molecule has 7 nitrogen and oxygen atoms in total. The van der Waals surface area contributed by atoms with Gasteiger partial charge in [-0.1, -0.05) is 12.1 Å². The Kier molecular flexibility index (Phi) is 5.85. The van der Waals surface area contributed by atoms with Crippen molar-refractivity contribution in [2.45, 2.75) is 13.1 Å². The SMILES string of the molecule is Cc1ccc(NC(=O)c2cccc(C(F)(F)F)c2)cc1Nc1ncccc1-c1ncnc2[nH]ccc12. The Morgan fingerprint density at radius 2 is 1.83 bits per heavy atom. The van der Waals surface area contributed by atoms with Gasteiger partial charge < -0.3 is 15.6 Å². The van der Waals surface area contributed by atoms with E-state index in [0.717, 1.165) is 28.6 Å². The molecule has 0 bridgehead atoms. The molecule has 3 heterocycles. The highest BCUT2D eigenvalue weighted by Crippen LogP contribution is 2.33. The molecule has 0 saturated heterocycles. The molecule has 0 atom stereocenters. The van der Waals surface area contributed by atoms with E-state index < -0.39 is 17.6 Å². The zero-order chi connectivity index (χ0) is 25.3. The Labute approximate surface area is 203 Å². The highest BCUT2D eigenvalue weighted by atomic mass is 19.4. The van der Waals surface area contributed by atoms with Crippen LogP contribution in [0, 0.1) is 6.92 Å². The molecule has 0 fully saturated rings. The van der Waals surface area contributed by atoms with Crippen LogP contribution in [0.5, 0.6) is 0 Å². The lowest BCUT2D eigenvalue weighted by Gasteiger charge is -2.15. The number of nitrogens with zero attached hydrogens (tertiary/aromatic N) is 3. The fourth-order valence-corrected chi connectivity index (χ4v) is 3.79. The zero-order valence-electron chi connectivity index (χ0n) is 18.9. The number of aromatic nitrogens is 4. The normalized spacial score (nSPS) is 11.4. The van der Waals surface area contributed by atoms with Crippen LogP contribution < -0.4 is 10.6 Å². The summed E-state index contributed by atoms with van der Waals surface area (Å²) in [4.78, 5) is 28.9. The average Bonchev–Trinajstić information content (AvgIpc) is 3.35. The van der Waals surface area contributed by atoms with Crippen LogP contribution in [0.2, 0.25) is 0 Å². The number of nitrogens with one attached hydrogen (secondary N) is 3. The van der Waals surface area contributed by atoms with Crippen molar-refractivity contribution in [3.8, 4) is 11.3 Å². The van der Waals surface area contributed by atoms with Crippen molar-refractivity contribution >= 4 is 34.1 Å². The van der Waals surface area contributed by atoms with E-state index in [2.05, 4.69) is 30.6 Å². The molecule has 5 aromatic rings. The van der Waals surface area contributed by atoms with E-state index in [-0.39, 0.29) is 5.56 Å². The van der Waals surface area contributed by atoms with E-state index in [9.17, 15) is 18.0 Å². The van der Waals surface area contributed by atoms with Gasteiger partial charge in [0.1, 0.15) is 17.8 Å². The summed E-state index contributed by atoms with van der Waals surface area (Å²) in [5.74, 6) is -0.103. The summed E-state index contributed by atoms with van der Waals surface area (Å²) >= 11 is 0. The van der Waals surface area contributed by atoms with E-state index in [1.165, 1.54) is 18.5 Å². The van der Waals surface area contributed by atoms with E-state index >= 15 is 0 Å². The summed E-state index contributed by atoms with van der Waals surface area (Å²) in [5, 5.41) is 6.80. The van der Waals surface area contributed by atoms with Crippen molar-refractivity contribution in [3.63, 3.8) is 0 Å². The van der Waals surface area contributed by atoms with Crippen LogP contribution >= 0.6 is 0 Å². The van der Waals surface area contributed by atoms with Crippen LogP contribution in [0.25, 0.3) is 22.3 Å². The van der Waals surface area contributed by atoms with E-state index in [1.807, 2.05) is 19.1 Å². The molecule has 36 heavy (non-hydrogen) atoms. The van der Waals surface area contributed by atoms with Gasteiger partial charge in [0.2, 0.25) is 0 Å². The minimum Gasteiger partial charge on any atom is -0.346 e. The lowest BCUT2D eigenvalue weighted by molar-refractivity contribution is -0.137. The molecule has 0 aliphatic heterocycles. The molecule has 0 spiro atoms. The predicted molar refractivity (Wildman–Crippen MR) is 131 cm³/mol. The first-order valence-corrected chi connectivity index (χ1v) is 10.9. The Morgan fingerprint density at radius 3 is 2.67 bits per heavy atom. The van der Waals surface area contributed by atoms with Crippen LogP contribution in [-0.4, -0.2) is 25.8 Å². The zero-order valence-corrected chi connectivity index (χ0v) is 18.9. The maximum atomic E-state index is 13.0. The second-order valence-electron chi connectivity index (χ2n) is 8.05. The van der Waals surface area contributed by atoms with E-state index in [1.54, 1.807) is 36.7 Å². The highest BCUT2D eigenvalue weighted by molar-refractivity contribution is 6.04. The summed E-state index contributed by atoms with van der Waals surface area (Å²) in [7, 11) is 0. The third-order valence-corrected chi connectivity index (χ3v) is 5.62. The number of anilines is 3. The number of benzene rings is 2. The number of hydrogen-bond donors (Lipinski definition) is 3. The van der Waals surface area contributed by atoms with Gasteiger partial charge in [-0.05, 0) is 61.0 Å². The molecular formula is C26H19F3N6O. The maximum Gasteiger partial charge on any atom is 0.416 e. The summed E-state index contributed by atoms with van der Waals surface area (Å²) in [6, 6.07) is 15.0. The van der Waals surface area contributed by atoms with Crippen LogP contribution in [0.4, 0.5) is 30.4 Å². The van der Waals surface area contributed by atoms with Gasteiger partial charge in [-0.3, -0.25) is 4.79 Å².